The summed E-state index contributed by atoms with van der Waals surface area (Å²) in [6, 6.07) is 3.49. The summed E-state index contributed by atoms with van der Waals surface area (Å²) in [7, 11) is 0. The van der Waals surface area contributed by atoms with E-state index in [0.717, 1.165) is 12.1 Å². The van der Waals surface area contributed by atoms with Gasteiger partial charge in [0, 0.05) is 17.2 Å². The van der Waals surface area contributed by atoms with Gasteiger partial charge >= 0.3 is 5.69 Å². The molecular formula is C13H9NO6. The van der Waals surface area contributed by atoms with Crippen LogP contribution in [0.25, 0.3) is 6.08 Å². The first-order chi connectivity index (χ1) is 9.49. The molecule has 7 nitrogen and oxygen atoms in total. The van der Waals surface area contributed by atoms with Gasteiger partial charge < -0.3 is 14.6 Å². The molecule has 1 heterocycles. The Hall–Kier alpha value is -3.09. The number of furan rings is 1. The number of benzene rings is 1. The lowest BCUT2D eigenvalue weighted by Gasteiger charge is -2.01. The SMILES string of the molecule is O=C(/C=C/c1ccoc1)c1cc(O)c(O)c([N+](=O)[O-])c1. The minimum absolute atomic E-state index is 0.105. The van der Waals surface area contributed by atoms with Crippen LogP contribution in [0.2, 0.25) is 0 Å². The number of phenols is 2. The highest BCUT2D eigenvalue weighted by Gasteiger charge is 2.20. The molecule has 7 heteroatoms. The molecule has 1 aromatic heterocycles. The summed E-state index contributed by atoms with van der Waals surface area (Å²) in [6.07, 6.45) is 5.49. The number of hydrogen-bond acceptors (Lipinski definition) is 6. The minimum atomic E-state index is -0.883. The van der Waals surface area contributed by atoms with E-state index < -0.39 is 27.9 Å². The van der Waals surface area contributed by atoms with Gasteiger partial charge in [-0.3, -0.25) is 14.9 Å². The highest BCUT2D eigenvalue weighted by molar-refractivity contribution is 6.07. The summed E-state index contributed by atoms with van der Waals surface area (Å²) in [4.78, 5) is 21.6. The van der Waals surface area contributed by atoms with E-state index in [4.69, 9.17) is 4.42 Å². The Balaban J connectivity index is 2.33. The van der Waals surface area contributed by atoms with Crippen LogP contribution in [0.1, 0.15) is 15.9 Å². The molecule has 0 spiro atoms. The van der Waals surface area contributed by atoms with Gasteiger partial charge in [0.05, 0.1) is 17.4 Å². The number of nitro benzene ring substituents is 1. The molecule has 0 amide bonds. The van der Waals surface area contributed by atoms with Crippen molar-refractivity contribution in [3.05, 3.63) is 58.0 Å². The summed E-state index contributed by atoms with van der Waals surface area (Å²) in [5, 5.41) is 29.4. The zero-order chi connectivity index (χ0) is 14.7. The predicted molar refractivity (Wildman–Crippen MR) is 68.5 cm³/mol. The van der Waals surface area contributed by atoms with Gasteiger partial charge in [0.1, 0.15) is 0 Å². The van der Waals surface area contributed by atoms with Crippen LogP contribution in [0.5, 0.6) is 11.5 Å². The van der Waals surface area contributed by atoms with Crippen LogP contribution in [0.4, 0.5) is 5.69 Å². The molecule has 0 fully saturated rings. The van der Waals surface area contributed by atoms with Crippen LogP contribution in [-0.4, -0.2) is 20.9 Å². The largest absolute Gasteiger partial charge is 0.504 e. The molecule has 0 radical (unpaired) electrons. The van der Waals surface area contributed by atoms with Crippen LogP contribution < -0.4 is 0 Å². The van der Waals surface area contributed by atoms with Crippen molar-refractivity contribution in [2.24, 2.45) is 0 Å². The zero-order valence-corrected chi connectivity index (χ0v) is 10.0. The van der Waals surface area contributed by atoms with Crippen LogP contribution >= 0.6 is 0 Å². The number of hydrogen-bond donors (Lipinski definition) is 2. The molecule has 1 aromatic carbocycles. The molecule has 0 atom stereocenters. The number of aromatic hydroxyl groups is 2. The van der Waals surface area contributed by atoms with E-state index in [1.165, 1.54) is 24.7 Å². The number of phenolic OH excluding ortho intramolecular Hbond substituents is 2. The average molecular weight is 275 g/mol. The molecule has 0 aliphatic carbocycles. The van der Waals surface area contributed by atoms with Crippen molar-refractivity contribution in [1.29, 1.82) is 0 Å². The number of ketones is 1. The van der Waals surface area contributed by atoms with Crippen molar-refractivity contribution in [2.45, 2.75) is 0 Å². The number of allylic oxidation sites excluding steroid dienone is 1. The standard InChI is InChI=1S/C13H9NO6/c15-11(2-1-8-3-4-20-7-8)9-5-10(14(18)19)13(17)12(16)6-9/h1-7,16-17H/b2-1+. The van der Waals surface area contributed by atoms with E-state index in [9.17, 15) is 25.1 Å². The number of nitrogens with zero attached hydrogens (tertiary/aromatic N) is 1. The first-order valence-electron chi connectivity index (χ1n) is 5.44. The fraction of sp³-hybridized carbons (Fsp3) is 0. The summed E-state index contributed by atoms with van der Waals surface area (Å²) < 4.78 is 4.81. The third-order valence-electron chi connectivity index (χ3n) is 2.52. The third-order valence-corrected chi connectivity index (χ3v) is 2.52. The monoisotopic (exact) mass is 275 g/mol. The minimum Gasteiger partial charge on any atom is -0.504 e. The zero-order valence-electron chi connectivity index (χ0n) is 10.0. The van der Waals surface area contributed by atoms with Gasteiger partial charge in [-0.15, -0.1) is 0 Å². The molecule has 2 aromatic rings. The molecule has 0 aliphatic heterocycles. The fourth-order valence-corrected chi connectivity index (χ4v) is 1.52. The molecule has 0 bridgehead atoms. The molecule has 0 saturated heterocycles. The Morgan fingerprint density at radius 1 is 1.35 bits per heavy atom. The van der Waals surface area contributed by atoms with Crippen LogP contribution in [0, 0.1) is 10.1 Å². The molecular weight excluding hydrogens is 266 g/mol. The van der Waals surface area contributed by atoms with E-state index in [0.29, 0.717) is 5.56 Å². The van der Waals surface area contributed by atoms with E-state index in [2.05, 4.69) is 0 Å². The maximum Gasteiger partial charge on any atom is 0.315 e. The molecule has 0 unspecified atom stereocenters. The van der Waals surface area contributed by atoms with Crippen molar-refractivity contribution in [3.8, 4) is 11.5 Å². The van der Waals surface area contributed by atoms with Crippen LogP contribution in [-0.2, 0) is 0 Å². The lowest BCUT2D eigenvalue weighted by molar-refractivity contribution is -0.386. The first kappa shape index (κ1) is 13.3. The topological polar surface area (TPSA) is 114 Å². The molecule has 0 aliphatic rings. The highest BCUT2D eigenvalue weighted by atomic mass is 16.6. The Morgan fingerprint density at radius 3 is 2.70 bits per heavy atom. The van der Waals surface area contributed by atoms with Gasteiger partial charge in [-0.2, -0.15) is 0 Å². The second-order valence-corrected chi connectivity index (χ2v) is 3.87. The van der Waals surface area contributed by atoms with Gasteiger partial charge in [0.15, 0.2) is 11.5 Å². The molecule has 0 saturated carbocycles. The van der Waals surface area contributed by atoms with E-state index in [-0.39, 0.29) is 5.56 Å². The van der Waals surface area contributed by atoms with Crippen LogP contribution in [0.3, 0.4) is 0 Å². The smallest absolute Gasteiger partial charge is 0.315 e. The Morgan fingerprint density at radius 2 is 2.10 bits per heavy atom. The lowest BCUT2D eigenvalue weighted by atomic mass is 10.1. The second kappa shape index (κ2) is 5.27. The second-order valence-electron chi connectivity index (χ2n) is 3.87. The first-order valence-corrected chi connectivity index (χ1v) is 5.44. The Labute approximate surface area is 112 Å². The van der Waals surface area contributed by atoms with Crippen molar-refractivity contribution < 1.29 is 24.3 Å². The molecule has 2 N–H and O–H groups in total. The van der Waals surface area contributed by atoms with Crippen molar-refractivity contribution in [2.75, 3.05) is 0 Å². The lowest BCUT2D eigenvalue weighted by Crippen LogP contribution is -1.97. The summed E-state index contributed by atoms with van der Waals surface area (Å²) in [5.41, 5.74) is -0.187. The van der Waals surface area contributed by atoms with Gasteiger partial charge in [0.25, 0.3) is 0 Å². The number of rotatable bonds is 4. The van der Waals surface area contributed by atoms with Crippen molar-refractivity contribution in [1.82, 2.24) is 0 Å². The number of nitro groups is 1. The summed E-state index contributed by atoms with van der Waals surface area (Å²) in [6.45, 7) is 0. The summed E-state index contributed by atoms with van der Waals surface area (Å²) in [5.74, 6) is -2.14. The quantitative estimate of drug-likeness (QED) is 0.291. The maximum atomic E-state index is 11.8. The van der Waals surface area contributed by atoms with Crippen LogP contribution in [0.15, 0.2) is 41.2 Å². The van der Waals surface area contributed by atoms with Gasteiger partial charge in [-0.1, -0.05) is 0 Å². The molecule has 20 heavy (non-hydrogen) atoms. The maximum absolute atomic E-state index is 11.8. The van der Waals surface area contributed by atoms with Crippen molar-refractivity contribution in [3.63, 3.8) is 0 Å². The van der Waals surface area contributed by atoms with Crippen molar-refractivity contribution >= 4 is 17.5 Å². The Bertz CT molecular complexity index is 687. The normalized spacial score (nSPS) is 10.8. The average Bonchev–Trinajstić information content (AvgIpc) is 2.91. The number of carbonyl (C=O) groups is 1. The Kier molecular flexibility index (Phi) is 3.52. The highest BCUT2D eigenvalue weighted by Crippen LogP contribution is 2.36. The van der Waals surface area contributed by atoms with E-state index >= 15 is 0 Å². The fourth-order valence-electron chi connectivity index (χ4n) is 1.52. The van der Waals surface area contributed by atoms with E-state index in [1.54, 1.807) is 6.07 Å². The summed E-state index contributed by atoms with van der Waals surface area (Å²) >= 11 is 0. The third kappa shape index (κ3) is 2.66. The molecule has 102 valence electrons. The van der Waals surface area contributed by atoms with Gasteiger partial charge in [-0.25, -0.2) is 0 Å². The van der Waals surface area contributed by atoms with E-state index in [1.807, 2.05) is 0 Å². The van der Waals surface area contributed by atoms with Gasteiger partial charge in [-0.05, 0) is 24.3 Å². The van der Waals surface area contributed by atoms with Gasteiger partial charge in [0.2, 0.25) is 5.75 Å². The molecule has 2 rings (SSSR count). The predicted octanol–water partition coefficient (Wildman–Crippen LogP) is 2.50. The number of carbonyl (C=O) groups excluding carboxylic acids is 1.